The highest BCUT2D eigenvalue weighted by Gasteiger charge is 2.37. The summed E-state index contributed by atoms with van der Waals surface area (Å²) in [4.78, 5) is 12.7. The fourth-order valence-electron chi connectivity index (χ4n) is 4.67. The van der Waals surface area contributed by atoms with Crippen LogP contribution in [-0.4, -0.2) is 68.7 Å². The first kappa shape index (κ1) is 28.2. The van der Waals surface area contributed by atoms with Gasteiger partial charge in [-0.2, -0.15) is 4.31 Å². The number of methoxy groups -OCH3 is 1. The lowest BCUT2D eigenvalue weighted by atomic mass is 10.2. The van der Waals surface area contributed by atoms with E-state index >= 15 is 0 Å². The molecule has 1 aliphatic carbocycles. The Balaban J connectivity index is 1.66. The molecule has 2 N–H and O–H groups in total. The molecule has 2 fully saturated rings. The van der Waals surface area contributed by atoms with Gasteiger partial charge in [-0.05, 0) is 50.3 Å². The normalized spacial score (nSPS) is 19.7. The molecule has 0 spiro atoms. The molecule has 11 heteroatoms. The summed E-state index contributed by atoms with van der Waals surface area (Å²) in [6, 6.07) is 13.4. The Labute approximate surface area is 223 Å². The van der Waals surface area contributed by atoms with Crippen LogP contribution in [0.4, 0.5) is 4.79 Å². The number of aliphatic hydroxyl groups excluding tert-OH is 1. The van der Waals surface area contributed by atoms with Crippen molar-refractivity contribution in [1.29, 1.82) is 0 Å². The smallest absolute Gasteiger partial charge is 0.408 e. The topological polar surface area (TPSA) is 124 Å². The van der Waals surface area contributed by atoms with Gasteiger partial charge in [-0.1, -0.05) is 30.3 Å². The number of hydrogen-bond donors (Lipinski definition) is 2. The lowest BCUT2D eigenvalue weighted by Crippen LogP contribution is -2.56. The molecule has 208 valence electrons. The minimum absolute atomic E-state index is 0.0107. The second-order valence-corrected chi connectivity index (χ2v) is 11.5. The summed E-state index contributed by atoms with van der Waals surface area (Å²) in [5.41, 5.74) is 0.678. The summed E-state index contributed by atoms with van der Waals surface area (Å²) in [5.74, 6) is 0.764. The lowest BCUT2D eigenvalue weighted by molar-refractivity contribution is 0.0507. The molecule has 10 nitrogen and oxygen atoms in total. The summed E-state index contributed by atoms with van der Waals surface area (Å²) in [6.07, 6.45) is 0.606. The number of amides is 1. The van der Waals surface area contributed by atoms with Crippen molar-refractivity contribution in [3.8, 4) is 11.5 Å². The van der Waals surface area contributed by atoms with Gasteiger partial charge in [0.1, 0.15) is 12.3 Å². The van der Waals surface area contributed by atoms with E-state index in [9.17, 15) is 18.3 Å². The Morgan fingerprint density at radius 1 is 1.11 bits per heavy atom. The van der Waals surface area contributed by atoms with Crippen molar-refractivity contribution < 1.29 is 37.3 Å². The number of ether oxygens (including phenoxy) is 4. The predicted octanol–water partition coefficient (Wildman–Crippen LogP) is 3.43. The summed E-state index contributed by atoms with van der Waals surface area (Å²) in [7, 11) is -2.75. The maximum Gasteiger partial charge on any atom is 0.408 e. The molecule has 1 saturated heterocycles. The molecule has 2 aromatic rings. The standard InChI is InChI=1S/C27H36N2O8S/c1-19(30)26(28-27(31)37-22-14-15-35-18-22)29(17-20-8-4-3-5-9-20)38(32,33)23-12-13-24(34-2)25(16-23)36-21-10-6-7-11-21/h3-5,8-9,12-13,16,19,21-22,26,30H,6-7,10-11,14-15,17-18H2,1-2H3,(H,28,31)/t19-,22+,26+/m1/s1. The van der Waals surface area contributed by atoms with Crippen LogP contribution < -0.4 is 14.8 Å². The zero-order valence-electron chi connectivity index (χ0n) is 21.7. The number of sulfonamides is 1. The molecule has 0 bridgehead atoms. The maximum atomic E-state index is 14.1. The molecular formula is C27H36N2O8S. The molecule has 0 aromatic heterocycles. The van der Waals surface area contributed by atoms with E-state index in [1.807, 2.05) is 6.07 Å². The first-order valence-corrected chi connectivity index (χ1v) is 14.4. The van der Waals surface area contributed by atoms with Gasteiger partial charge >= 0.3 is 6.09 Å². The van der Waals surface area contributed by atoms with E-state index < -0.39 is 34.5 Å². The zero-order valence-corrected chi connectivity index (χ0v) is 22.6. The van der Waals surface area contributed by atoms with Crippen molar-refractivity contribution in [3.63, 3.8) is 0 Å². The van der Waals surface area contributed by atoms with Crippen LogP contribution in [0.5, 0.6) is 11.5 Å². The SMILES string of the molecule is COc1ccc(S(=O)(=O)N(Cc2ccccc2)[C@H](NC(=O)O[C@H]2CCOC2)[C@@H](C)O)cc1OC1CCCC1. The number of benzene rings is 2. The molecule has 0 radical (unpaired) electrons. The Morgan fingerprint density at radius 3 is 2.47 bits per heavy atom. The van der Waals surface area contributed by atoms with Crippen LogP contribution in [-0.2, 0) is 26.0 Å². The van der Waals surface area contributed by atoms with Crippen LogP contribution in [0, 0.1) is 0 Å². The first-order chi connectivity index (χ1) is 18.3. The molecule has 2 aliphatic rings. The number of aliphatic hydroxyl groups is 1. The van der Waals surface area contributed by atoms with E-state index in [0.717, 1.165) is 30.0 Å². The van der Waals surface area contributed by atoms with Crippen molar-refractivity contribution in [3.05, 3.63) is 54.1 Å². The Morgan fingerprint density at radius 2 is 1.84 bits per heavy atom. The van der Waals surface area contributed by atoms with Crippen LogP contribution in [0.2, 0.25) is 0 Å². The van der Waals surface area contributed by atoms with Crippen LogP contribution in [0.3, 0.4) is 0 Å². The molecule has 4 rings (SSSR count). The van der Waals surface area contributed by atoms with E-state index in [2.05, 4.69) is 5.32 Å². The Kier molecular flexibility index (Phi) is 9.48. The highest BCUT2D eigenvalue weighted by Crippen LogP contribution is 2.35. The van der Waals surface area contributed by atoms with E-state index in [1.54, 1.807) is 30.3 Å². The van der Waals surface area contributed by atoms with E-state index in [0.29, 0.717) is 30.1 Å². The Bertz CT molecular complexity index is 1160. The molecular weight excluding hydrogens is 512 g/mol. The van der Waals surface area contributed by atoms with Gasteiger partial charge in [-0.25, -0.2) is 13.2 Å². The third kappa shape index (κ3) is 6.96. The van der Waals surface area contributed by atoms with Crippen molar-refractivity contribution in [2.24, 2.45) is 0 Å². The van der Waals surface area contributed by atoms with Crippen LogP contribution >= 0.6 is 0 Å². The zero-order chi connectivity index (χ0) is 27.1. The average Bonchev–Trinajstić information content (AvgIpc) is 3.61. The molecule has 0 unspecified atom stereocenters. The van der Waals surface area contributed by atoms with Gasteiger partial charge in [0, 0.05) is 19.0 Å². The minimum atomic E-state index is -4.25. The van der Waals surface area contributed by atoms with E-state index in [-0.39, 0.29) is 24.2 Å². The van der Waals surface area contributed by atoms with Crippen LogP contribution in [0.25, 0.3) is 0 Å². The summed E-state index contributed by atoms with van der Waals surface area (Å²) >= 11 is 0. The quantitative estimate of drug-likeness (QED) is 0.410. The third-order valence-corrected chi connectivity index (χ3v) is 8.54. The molecule has 38 heavy (non-hydrogen) atoms. The molecule has 1 saturated carbocycles. The predicted molar refractivity (Wildman–Crippen MR) is 139 cm³/mol. The number of carbonyl (C=O) groups is 1. The lowest BCUT2D eigenvalue weighted by Gasteiger charge is -2.33. The molecule has 1 heterocycles. The highest BCUT2D eigenvalue weighted by atomic mass is 32.2. The summed E-state index contributed by atoms with van der Waals surface area (Å²) < 4.78 is 51.5. The monoisotopic (exact) mass is 548 g/mol. The minimum Gasteiger partial charge on any atom is -0.493 e. The van der Waals surface area contributed by atoms with Crippen molar-refractivity contribution in [2.75, 3.05) is 20.3 Å². The largest absolute Gasteiger partial charge is 0.493 e. The van der Waals surface area contributed by atoms with E-state index in [4.69, 9.17) is 18.9 Å². The molecule has 1 amide bonds. The summed E-state index contributed by atoms with van der Waals surface area (Å²) in [5, 5.41) is 13.2. The van der Waals surface area contributed by atoms with Gasteiger partial charge in [0.2, 0.25) is 10.0 Å². The molecule has 2 aromatic carbocycles. The fraction of sp³-hybridized carbons (Fsp3) is 0.519. The second-order valence-electron chi connectivity index (χ2n) is 9.59. The van der Waals surface area contributed by atoms with Gasteiger partial charge in [-0.15, -0.1) is 0 Å². The number of nitrogens with zero attached hydrogens (tertiary/aromatic N) is 1. The van der Waals surface area contributed by atoms with Crippen LogP contribution in [0.1, 0.15) is 44.6 Å². The third-order valence-electron chi connectivity index (χ3n) is 6.71. The molecule has 3 atom stereocenters. The van der Waals surface area contributed by atoms with Crippen molar-refractivity contribution in [2.45, 2.75) is 74.9 Å². The molecule has 1 aliphatic heterocycles. The number of hydrogen-bond acceptors (Lipinski definition) is 8. The van der Waals surface area contributed by atoms with Crippen molar-refractivity contribution >= 4 is 16.1 Å². The van der Waals surface area contributed by atoms with E-state index in [1.165, 1.54) is 26.2 Å². The fourth-order valence-corrected chi connectivity index (χ4v) is 6.29. The van der Waals surface area contributed by atoms with Gasteiger partial charge in [0.15, 0.2) is 11.5 Å². The average molecular weight is 549 g/mol. The number of carbonyl (C=O) groups excluding carboxylic acids is 1. The van der Waals surface area contributed by atoms with Crippen molar-refractivity contribution in [1.82, 2.24) is 9.62 Å². The first-order valence-electron chi connectivity index (χ1n) is 12.9. The number of alkyl carbamates (subject to hydrolysis) is 1. The second kappa shape index (κ2) is 12.8. The highest BCUT2D eigenvalue weighted by molar-refractivity contribution is 7.89. The summed E-state index contributed by atoms with van der Waals surface area (Å²) in [6.45, 7) is 2.07. The number of nitrogens with one attached hydrogen (secondary N) is 1. The van der Waals surface area contributed by atoms with Gasteiger partial charge in [0.05, 0.1) is 37.4 Å². The van der Waals surface area contributed by atoms with Gasteiger partial charge < -0.3 is 29.4 Å². The number of rotatable bonds is 11. The maximum absolute atomic E-state index is 14.1. The van der Waals surface area contributed by atoms with Crippen LogP contribution in [0.15, 0.2) is 53.4 Å². The van der Waals surface area contributed by atoms with Gasteiger partial charge in [-0.3, -0.25) is 0 Å². The Hall–Kier alpha value is -2.86. The van der Waals surface area contributed by atoms with Gasteiger partial charge in [0.25, 0.3) is 0 Å².